The molecule has 0 radical (unpaired) electrons. The van der Waals surface area contributed by atoms with Gasteiger partial charge in [-0.15, -0.1) is 11.6 Å². The van der Waals surface area contributed by atoms with Crippen LogP contribution in [0.4, 0.5) is 5.69 Å². The van der Waals surface area contributed by atoms with Gasteiger partial charge in [-0.25, -0.2) is 0 Å². The van der Waals surface area contributed by atoms with Crippen LogP contribution in [-0.4, -0.2) is 72.6 Å². The van der Waals surface area contributed by atoms with E-state index in [1.807, 2.05) is 0 Å². The number of hydrogen-bond donors (Lipinski definition) is 5. The van der Waals surface area contributed by atoms with Crippen LogP contribution in [0.2, 0.25) is 0 Å². The summed E-state index contributed by atoms with van der Waals surface area (Å²) in [6.45, 7) is 2.96. The first-order valence-corrected chi connectivity index (χ1v) is 11.1. The van der Waals surface area contributed by atoms with E-state index in [0.29, 0.717) is 54.5 Å². The van der Waals surface area contributed by atoms with Crippen LogP contribution in [-0.2, 0) is 11.8 Å². The van der Waals surface area contributed by atoms with Crippen LogP contribution in [0, 0.1) is 5.41 Å². The topological polar surface area (TPSA) is 133 Å². The predicted octanol–water partition coefficient (Wildman–Crippen LogP) is 1.21. The van der Waals surface area contributed by atoms with E-state index >= 15 is 0 Å². The Morgan fingerprint density at radius 1 is 1.36 bits per heavy atom. The van der Waals surface area contributed by atoms with Crippen LogP contribution >= 0.6 is 11.6 Å². The molecule has 1 unspecified atom stereocenters. The monoisotopic (exact) mass is 473 g/mol. The summed E-state index contributed by atoms with van der Waals surface area (Å²) < 4.78 is 7.06. The maximum absolute atomic E-state index is 12.9. The van der Waals surface area contributed by atoms with Crippen molar-refractivity contribution in [2.75, 3.05) is 44.0 Å². The van der Waals surface area contributed by atoms with Gasteiger partial charge in [0.1, 0.15) is 0 Å². The zero-order valence-electron chi connectivity index (χ0n) is 18.4. The minimum absolute atomic E-state index is 0.109. The summed E-state index contributed by atoms with van der Waals surface area (Å²) in [5, 5.41) is 23.6. The first kappa shape index (κ1) is 24.4. The average Bonchev–Trinajstić information content (AvgIpc) is 3.21. The molecule has 1 aromatic carbocycles. The van der Waals surface area contributed by atoms with Gasteiger partial charge in [0.2, 0.25) is 0 Å². The normalized spacial score (nSPS) is 16.2. The van der Waals surface area contributed by atoms with Crippen molar-refractivity contribution in [2.24, 2.45) is 7.05 Å². The van der Waals surface area contributed by atoms with Gasteiger partial charge in [0.05, 0.1) is 18.4 Å². The fourth-order valence-electron chi connectivity index (χ4n) is 3.27. The van der Waals surface area contributed by atoms with Crippen LogP contribution in [0.3, 0.4) is 0 Å². The lowest BCUT2D eigenvalue weighted by Gasteiger charge is -2.23. The average molecular weight is 474 g/mol. The van der Waals surface area contributed by atoms with Crippen molar-refractivity contribution in [1.29, 1.82) is 5.41 Å². The Balaban J connectivity index is 1.69. The van der Waals surface area contributed by atoms with Gasteiger partial charge in [-0.2, -0.15) is 5.10 Å². The molecule has 1 fully saturated rings. The highest BCUT2D eigenvalue weighted by Crippen LogP contribution is 2.18. The van der Waals surface area contributed by atoms with Crippen molar-refractivity contribution in [3.8, 4) is 0 Å². The fraction of sp³-hybridized carbons (Fsp3) is 0.364. The highest BCUT2D eigenvalue weighted by atomic mass is 35.5. The van der Waals surface area contributed by atoms with Crippen molar-refractivity contribution < 1.29 is 14.3 Å². The molecule has 11 heteroatoms. The molecule has 5 N–H and O–H groups in total. The van der Waals surface area contributed by atoms with E-state index in [4.69, 9.17) is 21.7 Å². The number of rotatable bonds is 10. The molecule has 1 aliphatic rings. The second-order valence-corrected chi connectivity index (χ2v) is 7.77. The molecule has 0 bridgehead atoms. The Morgan fingerprint density at radius 3 is 2.91 bits per heavy atom. The number of amides is 2. The van der Waals surface area contributed by atoms with E-state index < -0.39 is 11.8 Å². The molecule has 10 nitrogen and oxygen atoms in total. The molecule has 33 heavy (non-hydrogen) atoms. The van der Waals surface area contributed by atoms with Gasteiger partial charge in [-0.1, -0.05) is 12.1 Å². The number of allylic oxidation sites excluding steroid dienone is 1. The number of halogens is 1. The Bertz CT molecular complexity index is 1020. The number of nitrogens with zero attached hydrogens (tertiary/aromatic N) is 2. The molecule has 3 rings (SSSR count). The number of benzene rings is 1. The van der Waals surface area contributed by atoms with Gasteiger partial charge in [0.25, 0.3) is 11.8 Å². The molecule has 1 aliphatic heterocycles. The highest BCUT2D eigenvalue weighted by Gasteiger charge is 2.21. The summed E-state index contributed by atoms with van der Waals surface area (Å²) in [7, 11) is 1.68. The third-order valence-electron chi connectivity index (χ3n) is 4.90. The van der Waals surface area contributed by atoms with Crippen molar-refractivity contribution in [1.82, 2.24) is 25.7 Å². The van der Waals surface area contributed by atoms with E-state index in [0.717, 1.165) is 6.54 Å². The number of aryl methyl sites for hydroxylation is 1. The number of alkyl halides is 1. The summed E-state index contributed by atoms with van der Waals surface area (Å²) in [4.78, 5) is 25.6. The number of carbonyl (C=O) groups excluding carboxylic acids is 2. The summed E-state index contributed by atoms with van der Waals surface area (Å²) >= 11 is 5.67. The Labute approximate surface area is 197 Å². The fourth-order valence-corrected chi connectivity index (χ4v) is 3.38. The molecule has 176 valence electrons. The van der Waals surface area contributed by atoms with Gasteiger partial charge in [0, 0.05) is 68.9 Å². The van der Waals surface area contributed by atoms with E-state index in [1.165, 1.54) is 10.9 Å². The van der Waals surface area contributed by atoms with Crippen LogP contribution in [0.15, 0.2) is 36.7 Å². The highest BCUT2D eigenvalue weighted by molar-refractivity contribution is 6.18. The van der Waals surface area contributed by atoms with Gasteiger partial charge in [-0.05, 0) is 17.7 Å². The van der Waals surface area contributed by atoms with E-state index in [-0.39, 0.29) is 11.8 Å². The van der Waals surface area contributed by atoms with E-state index in [1.54, 1.807) is 43.7 Å². The van der Waals surface area contributed by atoms with Gasteiger partial charge in [0.15, 0.2) is 5.69 Å². The Kier molecular flexibility index (Phi) is 8.99. The van der Waals surface area contributed by atoms with Crippen molar-refractivity contribution >= 4 is 40.9 Å². The van der Waals surface area contributed by atoms with Gasteiger partial charge >= 0.3 is 0 Å². The van der Waals surface area contributed by atoms with E-state index in [9.17, 15) is 9.59 Å². The van der Waals surface area contributed by atoms with Gasteiger partial charge < -0.3 is 31.4 Å². The number of carbonyl (C=O) groups is 2. The smallest absolute Gasteiger partial charge is 0.274 e. The molecular formula is C22H28ClN7O3. The molecule has 0 spiro atoms. The maximum atomic E-state index is 12.9. The lowest BCUT2D eigenvalue weighted by Crippen LogP contribution is -2.45. The summed E-state index contributed by atoms with van der Waals surface area (Å²) in [6.07, 6.45) is 4.35. The lowest BCUT2D eigenvalue weighted by atomic mass is 10.0. The van der Waals surface area contributed by atoms with Gasteiger partial charge in [-0.3, -0.25) is 14.3 Å². The molecule has 1 saturated heterocycles. The summed E-state index contributed by atoms with van der Waals surface area (Å²) in [5.41, 5.74) is 2.12. The van der Waals surface area contributed by atoms with E-state index in [2.05, 4.69) is 26.4 Å². The molecule has 1 aromatic heterocycles. The standard InChI is InChI=1S/C22H28ClN7O3/c1-30-14-19(20(29-30)22(32)27-13-18-12-26-7-8-33-18)28-21(31)16-4-2-3-15(9-16)17(10-24)11-25-6-5-23/h2-4,9-11,14,18,24-26H,5-8,12-13H2,1H3,(H,27,32)(H,28,31)/b17-11+,24-10?. The summed E-state index contributed by atoms with van der Waals surface area (Å²) in [5.74, 6) is -0.347. The lowest BCUT2D eigenvalue weighted by molar-refractivity contribution is 0.0287. The largest absolute Gasteiger partial charge is 0.389 e. The molecule has 2 heterocycles. The Hall–Kier alpha value is -3.21. The molecule has 1 atom stereocenters. The number of nitrogens with one attached hydrogen (secondary N) is 5. The quantitative estimate of drug-likeness (QED) is 0.200. The third-order valence-corrected chi connectivity index (χ3v) is 5.09. The maximum Gasteiger partial charge on any atom is 0.274 e. The van der Waals surface area contributed by atoms with Crippen LogP contribution in [0.25, 0.3) is 5.57 Å². The van der Waals surface area contributed by atoms with Crippen molar-refractivity contribution in [3.05, 3.63) is 53.5 Å². The first-order chi connectivity index (χ1) is 16.0. The van der Waals surface area contributed by atoms with Crippen LogP contribution in [0.1, 0.15) is 26.4 Å². The number of anilines is 1. The van der Waals surface area contributed by atoms with Crippen LogP contribution in [0.5, 0.6) is 0 Å². The number of ether oxygens (including phenoxy) is 1. The minimum Gasteiger partial charge on any atom is -0.389 e. The Morgan fingerprint density at radius 2 is 2.18 bits per heavy atom. The molecular weight excluding hydrogens is 446 g/mol. The number of hydrogen-bond acceptors (Lipinski definition) is 7. The molecule has 2 amide bonds. The van der Waals surface area contributed by atoms with Crippen molar-refractivity contribution in [2.45, 2.75) is 6.10 Å². The van der Waals surface area contributed by atoms with Crippen LogP contribution < -0.4 is 21.3 Å². The number of aromatic nitrogens is 2. The molecule has 2 aromatic rings. The summed E-state index contributed by atoms with van der Waals surface area (Å²) in [6, 6.07) is 6.88. The third kappa shape index (κ3) is 6.88. The zero-order chi connectivity index (χ0) is 23.6. The first-order valence-electron chi connectivity index (χ1n) is 10.6. The predicted molar refractivity (Wildman–Crippen MR) is 128 cm³/mol. The SMILES string of the molecule is Cn1cc(NC(=O)c2cccc(/C(C=N)=C/NCCCl)c2)c(C(=O)NCC2CNCCO2)n1. The molecule has 0 aliphatic carbocycles. The minimum atomic E-state index is -0.395. The number of morpholine rings is 1. The second kappa shape index (κ2) is 12.1. The van der Waals surface area contributed by atoms with Crippen molar-refractivity contribution in [3.63, 3.8) is 0 Å². The molecule has 0 saturated carbocycles. The second-order valence-electron chi connectivity index (χ2n) is 7.39. The zero-order valence-corrected chi connectivity index (χ0v) is 19.1.